The number of anilines is 1. The van der Waals surface area contributed by atoms with Crippen molar-refractivity contribution in [1.29, 1.82) is 0 Å². The summed E-state index contributed by atoms with van der Waals surface area (Å²) >= 11 is 0. The Labute approximate surface area is 105 Å². The van der Waals surface area contributed by atoms with Crippen molar-refractivity contribution < 1.29 is 9.59 Å². The molecule has 18 heavy (non-hydrogen) atoms. The Morgan fingerprint density at radius 3 is 2.22 bits per heavy atom. The Morgan fingerprint density at radius 2 is 1.61 bits per heavy atom. The maximum atomic E-state index is 12.3. The molecule has 0 saturated heterocycles. The van der Waals surface area contributed by atoms with Crippen molar-refractivity contribution in [2.75, 3.05) is 5.73 Å². The number of hydrogen-bond acceptors (Lipinski definition) is 3. The number of Topliss-reactive ketones (excluding diaryl/α,β-unsaturated/α-hetero) is 1. The van der Waals surface area contributed by atoms with Crippen molar-refractivity contribution in [3.05, 3.63) is 65.2 Å². The van der Waals surface area contributed by atoms with Crippen LogP contribution in [-0.4, -0.2) is 11.6 Å². The van der Waals surface area contributed by atoms with Crippen molar-refractivity contribution in [2.45, 2.75) is 6.92 Å². The Kier molecular flexibility index (Phi) is 3.24. The molecule has 0 spiro atoms. The SMILES string of the molecule is CC(=O)c1c(N)cccc1C(=O)c1ccccc1. The van der Waals surface area contributed by atoms with Gasteiger partial charge >= 0.3 is 0 Å². The predicted molar refractivity (Wildman–Crippen MR) is 70.7 cm³/mol. The van der Waals surface area contributed by atoms with Crippen LogP contribution in [0, 0.1) is 0 Å². The van der Waals surface area contributed by atoms with Gasteiger partial charge in [-0.15, -0.1) is 0 Å². The highest BCUT2D eigenvalue weighted by Crippen LogP contribution is 2.20. The average Bonchev–Trinajstić information content (AvgIpc) is 2.38. The van der Waals surface area contributed by atoms with Crippen molar-refractivity contribution in [2.24, 2.45) is 0 Å². The molecule has 0 amide bonds. The molecule has 0 atom stereocenters. The minimum Gasteiger partial charge on any atom is -0.398 e. The van der Waals surface area contributed by atoms with Crippen LogP contribution in [0.1, 0.15) is 33.2 Å². The molecule has 3 nitrogen and oxygen atoms in total. The normalized spacial score (nSPS) is 10.1. The fourth-order valence-electron chi connectivity index (χ4n) is 1.90. The molecule has 2 N–H and O–H groups in total. The van der Waals surface area contributed by atoms with E-state index in [1.165, 1.54) is 6.92 Å². The van der Waals surface area contributed by atoms with Crippen LogP contribution in [0.2, 0.25) is 0 Å². The number of ketones is 2. The minimum absolute atomic E-state index is 0.187. The Bertz CT molecular complexity index is 603. The standard InChI is InChI=1S/C15H13NO2/c1-10(17)14-12(8-5-9-13(14)16)15(18)11-6-3-2-4-7-11/h2-9H,16H2,1H3. The van der Waals surface area contributed by atoms with Crippen molar-refractivity contribution >= 4 is 17.3 Å². The molecular formula is C15H13NO2. The van der Waals surface area contributed by atoms with Gasteiger partial charge in [-0.05, 0) is 13.0 Å². The molecule has 0 aliphatic heterocycles. The van der Waals surface area contributed by atoms with Crippen LogP contribution < -0.4 is 5.73 Å². The van der Waals surface area contributed by atoms with Crippen LogP contribution in [0.3, 0.4) is 0 Å². The summed E-state index contributed by atoms with van der Waals surface area (Å²) in [6.07, 6.45) is 0. The van der Waals surface area contributed by atoms with Crippen molar-refractivity contribution in [3.8, 4) is 0 Å². The number of rotatable bonds is 3. The maximum absolute atomic E-state index is 12.3. The molecule has 0 radical (unpaired) electrons. The van der Waals surface area contributed by atoms with Crippen LogP contribution in [0.4, 0.5) is 5.69 Å². The first-order valence-corrected chi connectivity index (χ1v) is 5.60. The van der Waals surface area contributed by atoms with Gasteiger partial charge in [-0.1, -0.05) is 42.5 Å². The third-order valence-electron chi connectivity index (χ3n) is 2.73. The first-order valence-electron chi connectivity index (χ1n) is 5.60. The van der Waals surface area contributed by atoms with E-state index < -0.39 is 0 Å². The largest absolute Gasteiger partial charge is 0.398 e. The van der Waals surface area contributed by atoms with E-state index in [9.17, 15) is 9.59 Å². The number of hydrogen-bond donors (Lipinski definition) is 1. The lowest BCUT2D eigenvalue weighted by Gasteiger charge is -2.08. The Morgan fingerprint density at radius 1 is 0.944 bits per heavy atom. The van der Waals surface area contributed by atoms with Gasteiger partial charge in [0, 0.05) is 16.8 Å². The Hall–Kier alpha value is -2.42. The zero-order chi connectivity index (χ0) is 13.1. The Balaban J connectivity index is 2.56. The van der Waals surface area contributed by atoms with Crippen molar-refractivity contribution in [3.63, 3.8) is 0 Å². The second-order valence-electron chi connectivity index (χ2n) is 4.02. The van der Waals surface area contributed by atoms with Crippen LogP contribution in [0.5, 0.6) is 0 Å². The molecule has 2 aromatic rings. The zero-order valence-corrected chi connectivity index (χ0v) is 10.0. The molecule has 0 saturated carbocycles. The van der Waals surface area contributed by atoms with Crippen LogP contribution in [-0.2, 0) is 0 Å². The lowest BCUT2D eigenvalue weighted by atomic mass is 9.95. The van der Waals surface area contributed by atoms with Gasteiger partial charge in [0.15, 0.2) is 11.6 Å². The molecule has 0 aliphatic rings. The van der Waals surface area contributed by atoms with E-state index in [1.54, 1.807) is 42.5 Å². The number of nitrogen functional groups attached to an aromatic ring is 1. The summed E-state index contributed by atoms with van der Waals surface area (Å²) in [4.78, 5) is 23.9. The molecular weight excluding hydrogens is 226 g/mol. The summed E-state index contributed by atoms with van der Waals surface area (Å²) in [6, 6.07) is 13.8. The molecule has 0 aliphatic carbocycles. The third kappa shape index (κ3) is 2.15. The highest BCUT2D eigenvalue weighted by Gasteiger charge is 2.17. The molecule has 3 heteroatoms. The van der Waals surface area contributed by atoms with Gasteiger partial charge in [0.1, 0.15) is 0 Å². The number of carbonyl (C=O) groups excluding carboxylic acids is 2. The van der Waals surface area contributed by atoms with E-state index in [-0.39, 0.29) is 11.6 Å². The lowest BCUT2D eigenvalue weighted by molar-refractivity contribution is 0.0991. The number of benzene rings is 2. The topological polar surface area (TPSA) is 60.2 Å². The molecule has 2 aromatic carbocycles. The van der Waals surface area contributed by atoms with Gasteiger partial charge in [0.05, 0.1) is 5.56 Å². The van der Waals surface area contributed by atoms with Crippen LogP contribution >= 0.6 is 0 Å². The molecule has 0 heterocycles. The minimum atomic E-state index is -0.201. The van der Waals surface area contributed by atoms with E-state index >= 15 is 0 Å². The van der Waals surface area contributed by atoms with E-state index in [1.807, 2.05) is 6.07 Å². The zero-order valence-electron chi connectivity index (χ0n) is 10.0. The summed E-state index contributed by atoms with van der Waals surface area (Å²) in [5, 5.41) is 0. The number of nitrogens with two attached hydrogens (primary N) is 1. The number of carbonyl (C=O) groups is 2. The summed E-state index contributed by atoms with van der Waals surface area (Å²) in [5.41, 5.74) is 7.30. The monoisotopic (exact) mass is 239 g/mol. The van der Waals surface area contributed by atoms with E-state index in [0.717, 1.165) is 0 Å². The van der Waals surface area contributed by atoms with E-state index in [2.05, 4.69) is 0 Å². The molecule has 2 rings (SSSR count). The molecule has 0 bridgehead atoms. The summed E-state index contributed by atoms with van der Waals surface area (Å²) in [6.45, 7) is 1.41. The highest BCUT2D eigenvalue weighted by molar-refractivity contribution is 6.17. The van der Waals surface area contributed by atoms with E-state index in [4.69, 9.17) is 5.73 Å². The van der Waals surface area contributed by atoms with Crippen LogP contribution in [0.15, 0.2) is 48.5 Å². The summed E-state index contributed by atoms with van der Waals surface area (Å²) in [7, 11) is 0. The fourth-order valence-corrected chi connectivity index (χ4v) is 1.90. The third-order valence-corrected chi connectivity index (χ3v) is 2.73. The van der Waals surface area contributed by atoms with Crippen molar-refractivity contribution in [1.82, 2.24) is 0 Å². The molecule has 0 fully saturated rings. The summed E-state index contributed by atoms with van der Waals surface area (Å²) < 4.78 is 0. The maximum Gasteiger partial charge on any atom is 0.193 e. The molecule has 0 unspecified atom stereocenters. The summed E-state index contributed by atoms with van der Waals surface area (Å²) in [5.74, 6) is -0.388. The van der Waals surface area contributed by atoms with Gasteiger partial charge in [-0.25, -0.2) is 0 Å². The van der Waals surface area contributed by atoms with Gasteiger partial charge in [-0.3, -0.25) is 9.59 Å². The average molecular weight is 239 g/mol. The van der Waals surface area contributed by atoms with Gasteiger partial charge in [0.2, 0.25) is 0 Å². The first-order chi connectivity index (χ1) is 8.61. The van der Waals surface area contributed by atoms with Gasteiger partial charge < -0.3 is 5.73 Å². The second-order valence-corrected chi connectivity index (χ2v) is 4.02. The second kappa shape index (κ2) is 4.84. The molecule has 0 aromatic heterocycles. The van der Waals surface area contributed by atoms with Crippen LogP contribution in [0.25, 0.3) is 0 Å². The molecule has 90 valence electrons. The fraction of sp³-hybridized carbons (Fsp3) is 0.0667. The highest BCUT2D eigenvalue weighted by atomic mass is 16.1. The van der Waals surface area contributed by atoms with Gasteiger partial charge in [-0.2, -0.15) is 0 Å². The quantitative estimate of drug-likeness (QED) is 0.661. The lowest BCUT2D eigenvalue weighted by Crippen LogP contribution is -2.10. The predicted octanol–water partition coefficient (Wildman–Crippen LogP) is 2.70. The first kappa shape index (κ1) is 12.0. The van der Waals surface area contributed by atoms with E-state index in [0.29, 0.717) is 22.4 Å². The van der Waals surface area contributed by atoms with Gasteiger partial charge in [0.25, 0.3) is 0 Å². The smallest absolute Gasteiger partial charge is 0.193 e.